The molecule has 144 valence electrons. The number of ether oxygens (including phenoxy) is 1. The van der Waals surface area contributed by atoms with Crippen LogP contribution in [0.1, 0.15) is 10.4 Å². The lowest BCUT2D eigenvalue weighted by molar-refractivity contribution is -0.118. The van der Waals surface area contributed by atoms with Crippen LogP contribution in [0.3, 0.4) is 0 Å². The van der Waals surface area contributed by atoms with E-state index < -0.39 is 0 Å². The maximum Gasteiger partial charge on any atom is 0.255 e. The number of benzene rings is 1. The van der Waals surface area contributed by atoms with Gasteiger partial charge in [-0.25, -0.2) is 0 Å². The molecule has 8 heteroatoms. The van der Waals surface area contributed by atoms with Crippen molar-refractivity contribution in [2.24, 2.45) is 11.8 Å². The Bertz CT molecular complexity index is 619. The van der Waals surface area contributed by atoms with Gasteiger partial charge < -0.3 is 20.3 Å². The van der Waals surface area contributed by atoms with Crippen molar-refractivity contribution in [2.45, 2.75) is 4.90 Å². The van der Waals surface area contributed by atoms with E-state index >= 15 is 0 Å². The monoisotopic (exact) mass is 399 g/mol. The molecule has 2 heterocycles. The van der Waals surface area contributed by atoms with Crippen LogP contribution in [0.4, 0.5) is 0 Å². The van der Waals surface area contributed by atoms with E-state index in [0.717, 1.165) is 31.1 Å². The van der Waals surface area contributed by atoms with Crippen molar-refractivity contribution in [1.29, 1.82) is 0 Å². The van der Waals surface area contributed by atoms with Crippen LogP contribution in [0.25, 0.3) is 0 Å². The number of rotatable bonds is 7. The zero-order valence-corrected chi connectivity index (χ0v) is 16.5. The number of carbonyl (C=O) groups excluding carboxylic acids is 2. The van der Waals surface area contributed by atoms with Gasteiger partial charge in [0.05, 0.1) is 17.9 Å². The van der Waals surface area contributed by atoms with Gasteiger partial charge in [0.2, 0.25) is 5.91 Å². The highest BCUT2D eigenvalue weighted by Gasteiger charge is 2.38. The van der Waals surface area contributed by atoms with Gasteiger partial charge in [0.1, 0.15) is 0 Å². The molecule has 1 aromatic carbocycles. The predicted molar refractivity (Wildman–Crippen MR) is 105 cm³/mol. The zero-order valence-electron chi connectivity index (χ0n) is 14.9. The molecule has 26 heavy (non-hydrogen) atoms. The normalized spacial score (nSPS) is 21.2. The number of methoxy groups -OCH3 is 1. The summed E-state index contributed by atoms with van der Waals surface area (Å²) in [5.74, 6) is 1.48. The molecule has 2 atom stereocenters. The molecule has 0 unspecified atom stereocenters. The van der Waals surface area contributed by atoms with Gasteiger partial charge in [-0.05, 0) is 24.0 Å². The maximum absolute atomic E-state index is 12.9. The number of fused-ring (bicyclic) bond motifs is 1. The number of thioether (sulfide) groups is 1. The smallest absolute Gasteiger partial charge is 0.255 e. The highest BCUT2D eigenvalue weighted by molar-refractivity contribution is 8.00. The van der Waals surface area contributed by atoms with E-state index in [2.05, 4.69) is 10.6 Å². The maximum atomic E-state index is 12.9. The first-order chi connectivity index (χ1) is 12.2. The van der Waals surface area contributed by atoms with Crippen LogP contribution in [0.2, 0.25) is 0 Å². The first-order valence-electron chi connectivity index (χ1n) is 8.66. The molecule has 0 radical (unpaired) electrons. The van der Waals surface area contributed by atoms with E-state index in [9.17, 15) is 9.59 Å². The zero-order chi connectivity index (χ0) is 17.6. The molecule has 0 bridgehead atoms. The fraction of sp³-hybridized carbons (Fsp3) is 0.556. The lowest BCUT2D eigenvalue weighted by Gasteiger charge is -2.19. The van der Waals surface area contributed by atoms with Crippen LogP contribution in [0, 0.1) is 11.8 Å². The van der Waals surface area contributed by atoms with Gasteiger partial charge in [-0.15, -0.1) is 24.2 Å². The van der Waals surface area contributed by atoms with Crippen LogP contribution < -0.4 is 10.6 Å². The highest BCUT2D eigenvalue weighted by Crippen LogP contribution is 2.30. The van der Waals surface area contributed by atoms with Crippen LogP contribution in [0.15, 0.2) is 29.2 Å². The third-order valence-electron chi connectivity index (χ3n) is 4.78. The molecule has 2 aliphatic heterocycles. The summed E-state index contributed by atoms with van der Waals surface area (Å²) in [5, 5.41) is 6.19. The Kier molecular flexibility index (Phi) is 8.21. The van der Waals surface area contributed by atoms with Gasteiger partial charge in [0, 0.05) is 44.7 Å². The minimum absolute atomic E-state index is 0. The number of hydrogen-bond acceptors (Lipinski definition) is 5. The number of halogens is 1. The van der Waals surface area contributed by atoms with Gasteiger partial charge in [0.25, 0.3) is 5.91 Å². The average Bonchev–Trinajstić information content (AvgIpc) is 3.22. The van der Waals surface area contributed by atoms with E-state index in [1.165, 1.54) is 11.8 Å². The number of likely N-dealkylation sites (tertiary alicyclic amines) is 1. The number of nitrogens with one attached hydrogen (secondary N) is 2. The van der Waals surface area contributed by atoms with Crippen LogP contribution in [-0.2, 0) is 9.53 Å². The Balaban J connectivity index is 0.00000243. The second kappa shape index (κ2) is 10.2. The Morgan fingerprint density at radius 1 is 1.27 bits per heavy atom. The van der Waals surface area contributed by atoms with Crippen LogP contribution in [0.5, 0.6) is 0 Å². The molecule has 2 saturated heterocycles. The minimum atomic E-state index is -0.0499. The van der Waals surface area contributed by atoms with Crippen molar-refractivity contribution >= 4 is 36.0 Å². The van der Waals surface area contributed by atoms with Gasteiger partial charge in [-0.3, -0.25) is 9.59 Å². The van der Waals surface area contributed by atoms with Crippen molar-refractivity contribution in [3.8, 4) is 0 Å². The van der Waals surface area contributed by atoms with Crippen LogP contribution >= 0.6 is 24.2 Å². The second-order valence-electron chi connectivity index (χ2n) is 6.52. The summed E-state index contributed by atoms with van der Waals surface area (Å²) in [6.07, 6.45) is 0. The molecule has 2 aliphatic rings. The molecule has 6 nitrogen and oxygen atoms in total. The van der Waals surface area contributed by atoms with E-state index in [0.29, 0.717) is 36.3 Å². The van der Waals surface area contributed by atoms with E-state index in [1.54, 1.807) is 7.11 Å². The van der Waals surface area contributed by atoms with Crippen LogP contribution in [-0.4, -0.2) is 68.9 Å². The Morgan fingerprint density at radius 2 is 1.96 bits per heavy atom. The molecule has 3 rings (SSSR count). The Hall–Kier alpha value is -1.28. The molecule has 0 aromatic heterocycles. The number of nitrogens with zero attached hydrogens (tertiary/aromatic N) is 1. The first-order valence-corrected chi connectivity index (χ1v) is 9.65. The van der Waals surface area contributed by atoms with Crippen molar-refractivity contribution in [3.63, 3.8) is 0 Å². The lowest BCUT2D eigenvalue weighted by Crippen LogP contribution is -2.32. The third kappa shape index (κ3) is 5.13. The second-order valence-corrected chi connectivity index (χ2v) is 7.53. The molecule has 2 fully saturated rings. The fourth-order valence-electron chi connectivity index (χ4n) is 3.45. The van der Waals surface area contributed by atoms with Crippen molar-refractivity contribution in [2.75, 3.05) is 52.2 Å². The molecule has 0 saturated carbocycles. The summed E-state index contributed by atoms with van der Waals surface area (Å²) in [7, 11) is 1.60. The SMILES string of the molecule is COCCNC(=O)CSc1ccccc1C(=O)N1C[C@H]2CNC[C@H]2C1.Cl. The first kappa shape index (κ1) is 21.0. The van der Waals surface area contributed by atoms with Crippen molar-refractivity contribution in [1.82, 2.24) is 15.5 Å². The Morgan fingerprint density at radius 3 is 2.65 bits per heavy atom. The largest absolute Gasteiger partial charge is 0.383 e. The molecule has 0 spiro atoms. The number of amides is 2. The van der Waals surface area contributed by atoms with Gasteiger partial charge in [-0.1, -0.05) is 12.1 Å². The summed E-state index contributed by atoms with van der Waals surface area (Å²) >= 11 is 1.41. The molecular weight excluding hydrogens is 374 g/mol. The minimum Gasteiger partial charge on any atom is -0.383 e. The van der Waals surface area contributed by atoms with Gasteiger partial charge >= 0.3 is 0 Å². The summed E-state index contributed by atoms with van der Waals surface area (Å²) in [5.41, 5.74) is 0.699. The summed E-state index contributed by atoms with van der Waals surface area (Å²) in [6.45, 7) is 4.66. The number of carbonyl (C=O) groups is 2. The van der Waals surface area contributed by atoms with E-state index in [-0.39, 0.29) is 24.2 Å². The van der Waals surface area contributed by atoms with Gasteiger partial charge in [-0.2, -0.15) is 0 Å². The molecular formula is C18H26ClN3O3S. The van der Waals surface area contributed by atoms with E-state index in [4.69, 9.17) is 4.74 Å². The van der Waals surface area contributed by atoms with Crippen molar-refractivity contribution < 1.29 is 14.3 Å². The Labute approximate surface area is 164 Å². The highest BCUT2D eigenvalue weighted by atomic mass is 35.5. The molecule has 1 aromatic rings. The third-order valence-corrected chi connectivity index (χ3v) is 5.85. The van der Waals surface area contributed by atoms with E-state index in [1.807, 2.05) is 29.2 Å². The topological polar surface area (TPSA) is 70.7 Å². The standard InChI is InChI=1S/C18H25N3O3S.ClH/c1-24-7-6-20-17(22)12-25-16-5-3-2-4-15(16)18(23)21-10-13-8-19-9-14(13)11-21;/h2-5,13-14,19H,6-12H2,1H3,(H,20,22);1H/t13-,14+;. The quantitative estimate of drug-likeness (QED) is 0.533. The fourth-order valence-corrected chi connectivity index (χ4v) is 4.32. The summed E-state index contributed by atoms with van der Waals surface area (Å²) in [4.78, 5) is 27.6. The molecule has 2 N–H and O–H groups in total. The lowest BCUT2D eigenvalue weighted by atomic mass is 10.0. The van der Waals surface area contributed by atoms with Crippen molar-refractivity contribution in [3.05, 3.63) is 29.8 Å². The number of hydrogen-bond donors (Lipinski definition) is 2. The predicted octanol–water partition coefficient (Wildman–Crippen LogP) is 1.25. The average molecular weight is 400 g/mol. The molecule has 0 aliphatic carbocycles. The summed E-state index contributed by atoms with van der Waals surface area (Å²) in [6, 6.07) is 7.57. The van der Waals surface area contributed by atoms with Gasteiger partial charge in [0.15, 0.2) is 0 Å². The summed E-state index contributed by atoms with van der Waals surface area (Å²) < 4.78 is 4.92. The molecule has 2 amide bonds.